The predicted molar refractivity (Wildman–Crippen MR) is 89.3 cm³/mol. The maximum absolute atomic E-state index is 12.7. The van der Waals surface area contributed by atoms with Gasteiger partial charge in [-0.25, -0.2) is 4.98 Å². The molecule has 0 spiro atoms. The van der Waals surface area contributed by atoms with E-state index in [2.05, 4.69) is 4.98 Å². The molecular formula is C16H19ClN2O2S. The fourth-order valence-electron chi connectivity index (χ4n) is 2.07. The lowest BCUT2D eigenvalue weighted by Crippen LogP contribution is -2.36. The highest BCUT2D eigenvalue weighted by molar-refractivity contribution is 7.09. The standard InChI is InChI=1S/C16H19ClN2O2S/c1-11(2)19(8-12-5-4-6-13(17)7-12)16(20)14-10-22-15(18-14)9-21-3/h4-7,10-11H,8-9H2,1-3H3. The van der Waals surface area contributed by atoms with Gasteiger partial charge in [0.15, 0.2) is 0 Å². The number of rotatable bonds is 6. The SMILES string of the molecule is COCc1nc(C(=O)N(Cc2cccc(Cl)c2)C(C)C)cs1. The molecule has 22 heavy (non-hydrogen) atoms. The van der Waals surface area contributed by atoms with Crippen molar-refractivity contribution in [1.29, 1.82) is 0 Å². The van der Waals surface area contributed by atoms with Gasteiger partial charge in [-0.15, -0.1) is 11.3 Å². The van der Waals surface area contributed by atoms with Crippen LogP contribution in [0.5, 0.6) is 0 Å². The van der Waals surface area contributed by atoms with Crippen LogP contribution >= 0.6 is 22.9 Å². The third-order valence-corrected chi connectivity index (χ3v) is 4.22. The van der Waals surface area contributed by atoms with E-state index in [9.17, 15) is 4.79 Å². The maximum atomic E-state index is 12.7. The van der Waals surface area contributed by atoms with Gasteiger partial charge in [-0.2, -0.15) is 0 Å². The Morgan fingerprint density at radius 1 is 1.45 bits per heavy atom. The topological polar surface area (TPSA) is 42.4 Å². The lowest BCUT2D eigenvalue weighted by molar-refractivity contribution is 0.0684. The molecular weight excluding hydrogens is 320 g/mol. The van der Waals surface area contributed by atoms with Gasteiger partial charge in [0.2, 0.25) is 0 Å². The number of hydrogen-bond acceptors (Lipinski definition) is 4. The fourth-order valence-corrected chi connectivity index (χ4v) is 3.02. The van der Waals surface area contributed by atoms with Crippen LogP contribution in [0, 0.1) is 0 Å². The summed E-state index contributed by atoms with van der Waals surface area (Å²) in [7, 11) is 1.61. The Labute approximate surface area is 139 Å². The molecule has 0 aliphatic carbocycles. The van der Waals surface area contributed by atoms with Crippen LogP contribution in [0.1, 0.15) is 34.9 Å². The summed E-state index contributed by atoms with van der Waals surface area (Å²) in [5.41, 5.74) is 1.47. The molecule has 0 N–H and O–H groups in total. The molecule has 0 saturated carbocycles. The molecule has 0 fully saturated rings. The lowest BCUT2D eigenvalue weighted by atomic mass is 10.2. The molecule has 2 aromatic rings. The molecule has 1 aromatic heterocycles. The van der Waals surface area contributed by atoms with Gasteiger partial charge in [0.25, 0.3) is 5.91 Å². The number of nitrogens with zero attached hydrogens (tertiary/aromatic N) is 2. The van der Waals surface area contributed by atoms with Gasteiger partial charge in [-0.3, -0.25) is 4.79 Å². The van der Waals surface area contributed by atoms with Gasteiger partial charge < -0.3 is 9.64 Å². The minimum Gasteiger partial charge on any atom is -0.378 e. The number of methoxy groups -OCH3 is 1. The molecule has 1 heterocycles. The number of hydrogen-bond donors (Lipinski definition) is 0. The van der Waals surface area contributed by atoms with Crippen molar-refractivity contribution in [2.24, 2.45) is 0 Å². The molecule has 1 aromatic carbocycles. The van der Waals surface area contributed by atoms with E-state index in [1.165, 1.54) is 11.3 Å². The van der Waals surface area contributed by atoms with Crippen molar-refractivity contribution in [3.63, 3.8) is 0 Å². The van der Waals surface area contributed by atoms with Crippen molar-refractivity contribution in [3.05, 3.63) is 50.9 Å². The average molecular weight is 339 g/mol. The molecule has 1 amide bonds. The second-order valence-corrected chi connectivity index (χ2v) is 6.60. The van der Waals surface area contributed by atoms with E-state index in [0.717, 1.165) is 10.6 Å². The zero-order chi connectivity index (χ0) is 16.1. The second-order valence-electron chi connectivity index (χ2n) is 5.22. The Balaban J connectivity index is 2.17. The number of carbonyl (C=O) groups is 1. The van der Waals surface area contributed by atoms with Crippen LogP contribution in [0.15, 0.2) is 29.6 Å². The first-order chi connectivity index (χ1) is 10.5. The van der Waals surface area contributed by atoms with E-state index in [0.29, 0.717) is 23.9 Å². The van der Waals surface area contributed by atoms with Gasteiger partial charge in [-0.05, 0) is 31.5 Å². The summed E-state index contributed by atoms with van der Waals surface area (Å²) in [6.45, 7) is 4.91. The molecule has 0 atom stereocenters. The molecule has 2 rings (SSSR count). The first kappa shape index (κ1) is 16.9. The largest absolute Gasteiger partial charge is 0.378 e. The van der Waals surface area contributed by atoms with E-state index < -0.39 is 0 Å². The van der Waals surface area contributed by atoms with Crippen LogP contribution in [0.4, 0.5) is 0 Å². The molecule has 0 aliphatic heterocycles. The number of carbonyl (C=O) groups excluding carboxylic acids is 1. The van der Waals surface area contributed by atoms with Crippen LogP contribution in [-0.2, 0) is 17.9 Å². The normalized spacial score (nSPS) is 11.0. The van der Waals surface area contributed by atoms with Crippen LogP contribution in [-0.4, -0.2) is 28.9 Å². The Hall–Kier alpha value is -1.43. The molecule has 4 nitrogen and oxygen atoms in total. The highest BCUT2D eigenvalue weighted by atomic mass is 35.5. The maximum Gasteiger partial charge on any atom is 0.273 e. The number of ether oxygens (including phenoxy) is 1. The average Bonchev–Trinajstić information content (AvgIpc) is 2.93. The van der Waals surface area contributed by atoms with Crippen molar-refractivity contribution in [1.82, 2.24) is 9.88 Å². The van der Waals surface area contributed by atoms with E-state index >= 15 is 0 Å². The number of thiazole rings is 1. The van der Waals surface area contributed by atoms with Crippen LogP contribution in [0.2, 0.25) is 5.02 Å². The van der Waals surface area contributed by atoms with E-state index in [4.69, 9.17) is 16.3 Å². The van der Waals surface area contributed by atoms with E-state index in [1.807, 2.05) is 38.1 Å². The summed E-state index contributed by atoms with van der Waals surface area (Å²) in [6, 6.07) is 7.62. The zero-order valence-electron chi connectivity index (χ0n) is 12.9. The fraction of sp³-hybridized carbons (Fsp3) is 0.375. The van der Waals surface area contributed by atoms with Gasteiger partial charge in [0, 0.05) is 30.1 Å². The summed E-state index contributed by atoms with van der Waals surface area (Å²) < 4.78 is 5.05. The quantitative estimate of drug-likeness (QED) is 0.799. The lowest BCUT2D eigenvalue weighted by Gasteiger charge is -2.26. The molecule has 6 heteroatoms. The first-order valence-corrected chi connectivity index (χ1v) is 8.25. The molecule has 0 saturated heterocycles. The highest BCUT2D eigenvalue weighted by Gasteiger charge is 2.21. The first-order valence-electron chi connectivity index (χ1n) is 7.00. The Morgan fingerprint density at radius 2 is 2.23 bits per heavy atom. The third-order valence-electron chi connectivity index (χ3n) is 3.16. The molecule has 0 radical (unpaired) electrons. The summed E-state index contributed by atoms with van der Waals surface area (Å²) in [6.07, 6.45) is 0. The van der Waals surface area contributed by atoms with Crippen LogP contribution in [0.25, 0.3) is 0 Å². The minimum absolute atomic E-state index is 0.0686. The van der Waals surface area contributed by atoms with Crippen LogP contribution < -0.4 is 0 Å². The number of amides is 1. The van der Waals surface area contributed by atoms with Crippen molar-refractivity contribution >= 4 is 28.8 Å². The number of aromatic nitrogens is 1. The Kier molecular flexibility index (Phi) is 5.94. The Bertz CT molecular complexity index is 643. The third kappa shape index (κ3) is 4.29. The van der Waals surface area contributed by atoms with Crippen LogP contribution in [0.3, 0.4) is 0 Å². The van der Waals surface area contributed by atoms with E-state index in [1.54, 1.807) is 17.4 Å². The summed E-state index contributed by atoms with van der Waals surface area (Å²) >= 11 is 7.45. The van der Waals surface area contributed by atoms with Gasteiger partial charge >= 0.3 is 0 Å². The molecule has 0 bridgehead atoms. The smallest absolute Gasteiger partial charge is 0.273 e. The van der Waals surface area contributed by atoms with Gasteiger partial charge in [0.1, 0.15) is 10.7 Å². The molecule has 0 aliphatic rings. The summed E-state index contributed by atoms with van der Waals surface area (Å²) in [5.74, 6) is -0.0754. The number of halogens is 1. The van der Waals surface area contributed by atoms with Crippen molar-refractivity contribution in [2.75, 3.05) is 7.11 Å². The minimum atomic E-state index is -0.0754. The number of benzene rings is 1. The van der Waals surface area contributed by atoms with Crippen molar-refractivity contribution < 1.29 is 9.53 Å². The summed E-state index contributed by atoms with van der Waals surface area (Å²) in [4.78, 5) is 18.8. The van der Waals surface area contributed by atoms with Crippen molar-refractivity contribution in [3.8, 4) is 0 Å². The molecule has 0 unspecified atom stereocenters. The second kappa shape index (κ2) is 7.72. The highest BCUT2D eigenvalue weighted by Crippen LogP contribution is 2.18. The van der Waals surface area contributed by atoms with E-state index in [-0.39, 0.29) is 11.9 Å². The molecule has 118 valence electrons. The van der Waals surface area contributed by atoms with Crippen molar-refractivity contribution in [2.45, 2.75) is 33.0 Å². The summed E-state index contributed by atoms with van der Waals surface area (Å²) in [5, 5.41) is 3.26. The Morgan fingerprint density at radius 3 is 2.86 bits per heavy atom. The monoisotopic (exact) mass is 338 g/mol. The zero-order valence-corrected chi connectivity index (χ0v) is 14.4. The predicted octanol–water partition coefficient (Wildman–Crippen LogP) is 3.99. The van der Waals surface area contributed by atoms with Gasteiger partial charge in [0.05, 0.1) is 6.61 Å². The van der Waals surface area contributed by atoms with Gasteiger partial charge in [-0.1, -0.05) is 23.7 Å².